The molecule has 1 atom stereocenters. The van der Waals surface area contributed by atoms with Crippen molar-refractivity contribution in [3.63, 3.8) is 0 Å². The van der Waals surface area contributed by atoms with E-state index in [0.717, 1.165) is 23.1 Å². The van der Waals surface area contributed by atoms with E-state index >= 15 is 0 Å². The molecule has 2 rings (SSSR count). The lowest BCUT2D eigenvalue weighted by atomic mass is 10.0. The molecule has 1 unspecified atom stereocenters. The molecule has 17 heavy (non-hydrogen) atoms. The second kappa shape index (κ2) is 5.48. The Morgan fingerprint density at radius 3 is 2.94 bits per heavy atom. The summed E-state index contributed by atoms with van der Waals surface area (Å²) in [6, 6.07) is 3.99. The summed E-state index contributed by atoms with van der Waals surface area (Å²) in [5.74, 6) is 5.58. The van der Waals surface area contributed by atoms with Crippen LogP contribution in [0.25, 0.3) is 0 Å². The predicted octanol–water partition coefficient (Wildman–Crippen LogP) is 1.91. The average molecular weight is 299 g/mol. The van der Waals surface area contributed by atoms with Crippen LogP contribution in [-0.4, -0.2) is 9.78 Å². The van der Waals surface area contributed by atoms with E-state index in [-0.39, 0.29) is 6.04 Å². The standard InChI is InChI=1S/C11H15BrN4O/c1-16-8(4-6-14-16)2-3-10(15-13)9-5-7-17-11(9)12/h4-7,10,15H,2-3,13H2,1H3. The Balaban J connectivity index is 2.02. The van der Waals surface area contributed by atoms with Crippen LogP contribution in [0.5, 0.6) is 0 Å². The van der Waals surface area contributed by atoms with E-state index in [1.54, 1.807) is 12.5 Å². The first-order valence-corrected chi connectivity index (χ1v) is 6.17. The van der Waals surface area contributed by atoms with Gasteiger partial charge in [-0.15, -0.1) is 0 Å². The average Bonchev–Trinajstić information content (AvgIpc) is 2.90. The molecule has 92 valence electrons. The number of nitrogens with one attached hydrogen (secondary N) is 1. The molecule has 3 N–H and O–H groups in total. The highest BCUT2D eigenvalue weighted by Gasteiger charge is 2.15. The molecule has 0 fully saturated rings. The highest BCUT2D eigenvalue weighted by Crippen LogP contribution is 2.27. The van der Waals surface area contributed by atoms with Crippen LogP contribution in [0.3, 0.4) is 0 Å². The van der Waals surface area contributed by atoms with E-state index in [4.69, 9.17) is 10.3 Å². The van der Waals surface area contributed by atoms with Gasteiger partial charge >= 0.3 is 0 Å². The van der Waals surface area contributed by atoms with E-state index < -0.39 is 0 Å². The van der Waals surface area contributed by atoms with Crippen LogP contribution in [0, 0.1) is 0 Å². The highest BCUT2D eigenvalue weighted by atomic mass is 79.9. The van der Waals surface area contributed by atoms with E-state index in [0.29, 0.717) is 0 Å². The molecule has 0 bridgehead atoms. The van der Waals surface area contributed by atoms with Gasteiger partial charge in [0.15, 0.2) is 4.67 Å². The summed E-state index contributed by atoms with van der Waals surface area (Å²) in [6.45, 7) is 0. The van der Waals surface area contributed by atoms with Gasteiger partial charge in [-0.1, -0.05) is 0 Å². The second-order valence-corrected chi connectivity index (χ2v) is 4.57. The normalized spacial score (nSPS) is 12.9. The summed E-state index contributed by atoms with van der Waals surface area (Å²) < 4.78 is 7.81. The topological polar surface area (TPSA) is 69.0 Å². The lowest BCUT2D eigenvalue weighted by Gasteiger charge is -2.14. The molecule has 0 saturated heterocycles. The maximum atomic E-state index is 5.58. The fourth-order valence-electron chi connectivity index (χ4n) is 1.82. The molecule has 2 aromatic heterocycles. The van der Waals surface area contributed by atoms with Crippen LogP contribution in [0.15, 0.2) is 33.7 Å². The van der Waals surface area contributed by atoms with Crippen molar-refractivity contribution < 1.29 is 4.42 Å². The van der Waals surface area contributed by atoms with Gasteiger partial charge in [-0.2, -0.15) is 5.10 Å². The monoisotopic (exact) mass is 298 g/mol. The third-order valence-electron chi connectivity index (χ3n) is 2.83. The number of furan rings is 1. The van der Waals surface area contributed by atoms with E-state index in [9.17, 15) is 0 Å². The molecule has 0 spiro atoms. The van der Waals surface area contributed by atoms with Gasteiger partial charge in [0.05, 0.1) is 12.3 Å². The number of hydrazine groups is 1. The van der Waals surface area contributed by atoms with Crippen molar-refractivity contribution in [1.82, 2.24) is 15.2 Å². The zero-order valence-electron chi connectivity index (χ0n) is 9.56. The van der Waals surface area contributed by atoms with Crippen molar-refractivity contribution in [1.29, 1.82) is 0 Å². The van der Waals surface area contributed by atoms with Crippen molar-refractivity contribution >= 4 is 15.9 Å². The fourth-order valence-corrected chi connectivity index (χ4v) is 2.34. The summed E-state index contributed by atoms with van der Waals surface area (Å²) in [7, 11) is 1.94. The summed E-state index contributed by atoms with van der Waals surface area (Å²) in [4.78, 5) is 0. The largest absolute Gasteiger partial charge is 0.457 e. The number of hydrogen-bond acceptors (Lipinski definition) is 4. The maximum absolute atomic E-state index is 5.58. The molecule has 0 aliphatic heterocycles. The number of hydrogen-bond donors (Lipinski definition) is 2. The van der Waals surface area contributed by atoms with Crippen LogP contribution in [-0.2, 0) is 13.5 Å². The summed E-state index contributed by atoms with van der Waals surface area (Å²) in [5, 5.41) is 4.14. The number of aromatic nitrogens is 2. The molecule has 0 aliphatic rings. The van der Waals surface area contributed by atoms with Crippen LogP contribution in [0.4, 0.5) is 0 Å². The molecule has 2 heterocycles. The Kier molecular flexibility index (Phi) is 3.98. The van der Waals surface area contributed by atoms with Crippen LogP contribution in [0.2, 0.25) is 0 Å². The molecule has 2 aromatic rings. The Hall–Kier alpha value is -1.11. The van der Waals surface area contributed by atoms with Gasteiger partial charge in [0.2, 0.25) is 0 Å². The number of halogens is 1. The zero-order valence-corrected chi connectivity index (χ0v) is 11.1. The first-order valence-electron chi connectivity index (χ1n) is 5.38. The Morgan fingerprint density at radius 2 is 2.41 bits per heavy atom. The Morgan fingerprint density at radius 1 is 1.59 bits per heavy atom. The quantitative estimate of drug-likeness (QED) is 0.653. The minimum atomic E-state index is 0.0676. The minimum absolute atomic E-state index is 0.0676. The molecule has 0 aliphatic carbocycles. The Labute approximate surface area is 108 Å². The SMILES string of the molecule is Cn1nccc1CCC(NN)c1ccoc1Br. The van der Waals surface area contributed by atoms with Crippen LogP contribution in [0.1, 0.15) is 23.7 Å². The van der Waals surface area contributed by atoms with Gasteiger partial charge in [-0.25, -0.2) is 0 Å². The smallest absolute Gasteiger partial charge is 0.173 e. The van der Waals surface area contributed by atoms with Crippen LogP contribution < -0.4 is 11.3 Å². The number of rotatable bonds is 5. The van der Waals surface area contributed by atoms with E-state index in [2.05, 4.69) is 26.5 Å². The molecule has 0 radical (unpaired) electrons. The van der Waals surface area contributed by atoms with Crippen LogP contribution >= 0.6 is 15.9 Å². The van der Waals surface area contributed by atoms with Gasteiger partial charge in [-0.3, -0.25) is 16.0 Å². The first kappa shape index (κ1) is 12.3. The summed E-state index contributed by atoms with van der Waals surface area (Å²) in [5.41, 5.74) is 5.03. The van der Waals surface area contributed by atoms with Gasteiger partial charge in [0, 0.05) is 24.5 Å². The zero-order chi connectivity index (χ0) is 12.3. The highest BCUT2D eigenvalue weighted by molar-refractivity contribution is 9.10. The van der Waals surface area contributed by atoms with Gasteiger partial charge in [-0.05, 0) is 40.9 Å². The molecule has 5 nitrogen and oxygen atoms in total. The predicted molar refractivity (Wildman–Crippen MR) is 68.0 cm³/mol. The molecular weight excluding hydrogens is 284 g/mol. The second-order valence-electron chi connectivity index (χ2n) is 3.85. The fraction of sp³-hybridized carbons (Fsp3) is 0.364. The van der Waals surface area contributed by atoms with Gasteiger partial charge in [0.25, 0.3) is 0 Å². The Bertz CT molecular complexity index is 479. The minimum Gasteiger partial charge on any atom is -0.457 e. The van der Waals surface area contributed by atoms with Crippen molar-refractivity contribution in [2.75, 3.05) is 0 Å². The molecule has 6 heteroatoms. The molecular formula is C11H15BrN4O. The lowest BCUT2D eigenvalue weighted by molar-refractivity contribution is 0.483. The van der Waals surface area contributed by atoms with Crippen molar-refractivity contribution in [2.45, 2.75) is 18.9 Å². The summed E-state index contributed by atoms with van der Waals surface area (Å²) in [6.07, 6.45) is 5.24. The van der Waals surface area contributed by atoms with Crippen molar-refractivity contribution in [3.05, 3.63) is 40.5 Å². The third-order valence-corrected chi connectivity index (χ3v) is 3.48. The number of nitrogens with two attached hydrogens (primary N) is 1. The first-order chi connectivity index (χ1) is 8.22. The van der Waals surface area contributed by atoms with E-state index in [1.165, 1.54) is 5.69 Å². The number of aryl methyl sites for hydroxylation is 2. The van der Waals surface area contributed by atoms with Crippen molar-refractivity contribution in [2.24, 2.45) is 12.9 Å². The molecule has 0 amide bonds. The summed E-state index contributed by atoms with van der Waals surface area (Å²) >= 11 is 3.36. The maximum Gasteiger partial charge on any atom is 0.173 e. The van der Waals surface area contributed by atoms with Gasteiger partial charge in [0.1, 0.15) is 0 Å². The van der Waals surface area contributed by atoms with E-state index in [1.807, 2.05) is 23.9 Å². The number of nitrogens with zero attached hydrogens (tertiary/aromatic N) is 2. The molecule has 0 aromatic carbocycles. The van der Waals surface area contributed by atoms with Gasteiger partial charge < -0.3 is 4.42 Å². The lowest BCUT2D eigenvalue weighted by Crippen LogP contribution is -2.28. The molecule has 0 saturated carbocycles. The van der Waals surface area contributed by atoms with Crippen molar-refractivity contribution in [3.8, 4) is 0 Å². The third kappa shape index (κ3) is 2.77.